The van der Waals surface area contributed by atoms with Crippen molar-refractivity contribution in [1.82, 2.24) is 14.8 Å². The lowest BCUT2D eigenvalue weighted by Crippen LogP contribution is -1.95. The van der Waals surface area contributed by atoms with Gasteiger partial charge in [0.15, 0.2) is 11.5 Å². The summed E-state index contributed by atoms with van der Waals surface area (Å²) >= 11 is 0. The minimum atomic E-state index is 0.377. The highest BCUT2D eigenvalue weighted by atomic mass is 16.5. The number of hydrogen-bond donors (Lipinski definition) is 0. The molecule has 0 atom stereocenters. The fraction of sp³-hybridized carbons (Fsp3) is 0.238. The SMILES string of the molecule is CCn1cc(-c2nnc(-c3cc(OC)c(OC)c(OC)c3)o2)c2ccccc21. The van der Waals surface area contributed by atoms with Crippen molar-refractivity contribution in [2.75, 3.05) is 21.3 Å². The zero-order chi connectivity index (χ0) is 19.7. The van der Waals surface area contributed by atoms with Crippen LogP contribution in [0.3, 0.4) is 0 Å². The molecule has 7 heteroatoms. The zero-order valence-corrected chi connectivity index (χ0v) is 16.2. The van der Waals surface area contributed by atoms with Crippen LogP contribution in [0.5, 0.6) is 17.2 Å². The minimum absolute atomic E-state index is 0.377. The fourth-order valence-corrected chi connectivity index (χ4v) is 3.33. The number of aryl methyl sites for hydroxylation is 1. The van der Waals surface area contributed by atoms with Crippen LogP contribution >= 0.6 is 0 Å². The zero-order valence-electron chi connectivity index (χ0n) is 16.2. The van der Waals surface area contributed by atoms with Gasteiger partial charge in [0.2, 0.25) is 17.5 Å². The highest BCUT2D eigenvalue weighted by molar-refractivity contribution is 5.94. The topological polar surface area (TPSA) is 71.5 Å². The van der Waals surface area contributed by atoms with Gasteiger partial charge in [-0.05, 0) is 25.1 Å². The van der Waals surface area contributed by atoms with Gasteiger partial charge in [0.1, 0.15) is 0 Å². The van der Waals surface area contributed by atoms with E-state index in [0.29, 0.717) is 34.6 Å². The molecule has 0 amide bonds. The van der Waals surface area contributed by atoms with E-state index in [9.17, 15) is 0 Å². The number of benzene rings is 2. The maximum absolute atomic E-state index is 6.01. The third-order valence-corrected chi connectivity index (χ3v) is 4.70. The van der Waals surface area contributed by atoms with Crippen molar-refractivity contribution in [3.8, 4) is 40.2 Å². The molecule has 0 aliphatic heterocycles. The van der Waals surface area contributed by atoms with E-state index < -0.39 is 0 Å². The second kappa shape index (κ2) is 7.26. The second-order valence-electron chi connectivity index (χ2n) is 6.17. The van der Waals surface area contributed by atoms with Gasteiger partial charge in [-0.25, -0.2) is 0 Å². The third-order valence-electron chi connectivity index (χ3n) is 4.70. The quantitative estimate of drug-likeness (QED) is 0.494. The number of rotatable bonds is 6. The first kappa shape index (κ1) is 17.9. The summed E-state index contributed by atoms with van der Waals surface area (Å²) in [6, 6.07) is 11.7. The Bertz CT molecular complexity index is 1100. The van der Waals surface area contributed by atoms with Crippen molar-refractivity contribution in [3.05, 3.63) is 42.6 Å². The lowest BCUT2D eigenvalue weighted by Gasteiger charge is -2.12. The smallest absolute Gasteiger partial charge is 0.250 e. The van der Waals surface area contributed by atoms with Crippen LogP contribution < -0.4 is 14.2 Å². The maximum Gasteiger partial charge on any atom is 0.250 e. The van der Waals surface area contributed by atoms with Crippen molar-refractivity contribution in [1.29, 1.82) is 0 Å². The highest BCUT2D eigenvalue weighted by Gasteiger charge is 2.19. The van der Waals surface area contributed by atoms with Crippen molar-refractivity contribution < 1.29 is 18.6 Å². The summed E-state index contributed by atoms with van der Waals surface area (Å²) in [4.78, 5) is 0. The molecule has 144 valence electrons. The van der Waals surface area contributed by atoms with Crippen LogP contribution in [0.15, 0.2) is 47.0 Å². The number of methoxy groups -OCH3 is 3. The molecule has 0 fully saturated rings. The Morgan fingerprint density at radius 1 is 0.929 bits per heavy atom. The van der Waals surface area contributed by atoms with E-state index in [0.717, 1.165) is 23.0 Å². The Balaban J connectivity index is 1.81. The summed E-state index contributed by atoms with van der Waals surface area (Å²) in [5.74, 6) is 2.41. The van der Waals surface area contributed by atoms with Crippen LogP contribution in [0.2, 0.25) is 0 Å². The van der Waals surface area contributed by atoms with Crippen molar-refractivity contribution in [2.45, 2.75) is 13.5 Å². The molecular formula is C21H21N3O4. The molecule has 0 saturated carbocycles. The van der Waals surface area contributed by atoms with E-state index in [-0.39, 0.29) is 0 Å². The Hall–Kier alpha value is -3.48. The van der Waals surface area contributed by atoms with Gasteiger partial charge in [0.25, 0.3) is 0 Å². The van der Waals surface area contributed by atoms with Gasteiger partial charge in [0.05, 0.1) is 26.9 Å². The van der Waals surface area contributed by atoms with Gasteiger partial charge >= 0.3 is 0 Å². The van der Waals surface area contributed by atoms with Crippen LogP contribution in [-0.2, 0) is 6.54 Å². The van der Waals surface area contributed by atoms with Crippen LogP contribution in [0, 0.1) is 0 Å². The highest BCUT2D eigenvalue weighted by Crippen LogP contribution is 2.41. The van der Waals surface area contributed by atoms with Crippen molar-refractivity contribution in [3.63, 3.8) is 0 Å². The van der Waals surface area contributed by atoms with Crippen molar-refractivity contribution >= 4 is 10.9 Å². The third kappa shape index (κ3) is 2.85. The van der Waals surface area contributed by atoms with Gasteiger partial charge < -0.3 is 23.2 Å². The normalized spacial score (nSPS) is 11.0. The van der Waals surface area contributed by atoms with Gasteiger partial charge in [-0.2, -0.15) is 0 Å². The summed E-state index contributed by atoms with van der Waals surface area (Å²) in [6.45, 7) is 2.96. The average molecular weight is 379 g/mol. The molecule has 0 radical (unpaired) electrons. The largest absolute Gasteiger partial charge is 0.493 e. The molecule has 4 aromatic rings. The van der Waals surface area contributed by atoms with Crippen LogP contribution in [0.25, 0.3) is 33.8 Å². The Morgan fingerprint density at radius 2 is 1.61 bits per heavy atom. The predicted octanol–water partition coefficient (Wildman–Crippen LogP) is 4.40. The summed E-state index contributed by atoms with van der Waals surface area (Å²) in [6.07, 6.45) is 2.04. The molecule has 0 bridgehead atoms. The molecule has 0 spiro atoms. The molecule has 4 rings (SSSR count). The summed E-state index contributed by atoms with van der Waals surface area (Å²) < 4.78 is 24.4. The number of aromatic nitrogens is 3. The Kier molecular flexibility index (Phi) is 4.65. The molecule has 2 aromatic heterocycles. The lowest BCUT2D eigenvalue weighted by atomic mass is 10.1. The molecule has 0 saturated heterocycles. The van der Waals surface area contributed by atoms with E-state index in [2.05, 4.69) is 33.8 Å². The number of fused-ring (bicyclic) bond motifs is 1. The predicted molar refractivity (Wildman–Crippen MR) is 106 cm³/mol. The molecule has 7 nitrogen and oxygen atoms in total. The lowest BCUT2D eigenvalue weighted by molar-refractivity contribution is 0.324. The first-order chi connectivity index (χ1) is 13.7. The minimum Gasteiger partial charge on any atom is -0.493 e. The molecule has 2 aromatic carbocycles. The maximum atomic E-state index is 6.01. The first-order valence-corrected chi connectivity index (χ1v) is 8.92. The second-order valence-corrected chi connectivity index (χ2v) is 6.17. The summed E-state index contributed by atoms with van der Waals surface area (Å²) in [5.41, 5.74) is 2.73. The van der Waals surface area contributed by atoms with Gasteiger partial charge in [-0.3, -0.25) is 0 Å². The van der Waals surface area contributed by atoms with E-state index in [4.69, 9.17) is 18.6 Å². The Labute approximate surface area is 162 Å². The molecular weight excluding hydrogens is 358 g/mol. The number of para-hydroxylation sites is 1. The number of hydrogen-bond acceptors (Lipinski definition) is 6. The van der Waals surface area contributed by atoms with E-state index in [1.807, 2.05) is 18.3 Å². The van der Waals surface area contributed by atoms with Gasteiger partial charge in [-0.15, -0.1) is 10.2 Å². The molecule has 0 N–H and O–H groups in total. The molecule has 2 heterocycles. The van der Waals surface area contributed by atoms with Crippen LogP contribution in [-0.4, -0.2) is 36.1 Å². The summed E-state index contributed by atoms with van der Waals surface area (Å²) in [5, 5.41) is 9.58. The number of ether oxygens (including phenoxy) is 3. The van der Waals surface area contributed by atoms with E-state index >= 15 is 0 Å². The van der Waals surface area contributed by atoms with Crippen LogP contribution in [0.1, 0.15) is 6.92 Å². The average Bonchev–Trinajstić information content (AvgIpc) is 3.37. The van der Waals surface area contributed by atoms with Gasteiger partial charge in [-0.1, -0.05) is 18.2 Å². The van der Waals surface area contributed by atoms with Gasteiger partial charge in [0, 0.05) is 29.2 Å². The van der Waals surface area contributed by atoms with Crippen molar-refractivity contribution in [2.24, 2.45) is 0 Å². The molecule has 0 aliphatic carbocycles. The monoisotopic (exact) mass is 379 g/mol. The fourth-order valence-electron chi connectivity index (χ4n) is 3.33. The van der Waals surface area contributed by atoms with E-state index in [1.165, 1.54) is 0 Å². The summed E-state index contributed by atoms with van der Waals surface area (Å²) in [7, 11) is 4.70. The molecule has 0 unspecified atom stereocenters. The number of nitrogens with zero attached hydrogens (tertiary/aromatic N) is 3. The molecule has 0 aliphatic rings. The first-order valence-electron chi connectivity index (χ1n) is 8.92. The Morgan fingerprint density at radius 3 is 2.25 bits per heavy atom. The molecule has 28 heavy (non-hydrogen) atoms. The van der Waals surface area contributed by atoms with Crippen LogP contribution in [0.4, 0.5) is 0 Å². The van der Waals surface area contributed by atoms with E-state index in [1.54, 1.807) is 33.5 Å². The standard InChI is InChI=1S/C21H21N3O4/c1-5-24-12-15(14-8-6-7-9-16(14)24)21-23-22-20(28-21)13-10-17(25-2)19(27-4)18(11-13)26-3/h6-12H,5H2,1-4H3.